The Balaban J connectivity index is 2.78. The number of sulfonamides is 1. The van der Waals surface area contributed by atoms with Crippen LogP contribution in [0.2, 0.25) is 10.0 Å². The van der Waals surface area contributed by atoms with Crippen LogP contribution in [0.4, 0.5) is 4.79 Å². The van der Waals surface area contributed by atoms with Gasteiger partial charge in [0.2, 0.25) is 0 Å². The van der Waals surface area contributed by atoms with Crippen molar-refractivity contribution in [2.45, 2.75) is 4.90 Å². The molecule has 0 unspecified atom stereocenters. The van der Waals surface area contributed by atoms with Gasteiger partial charge >= 0.3 is 6.09 Å². The van der Waals surface area contributed by atoms with Crippen LogP contribution < -0.4 is 9.46 Å². The van der Waals surface area contributed by atoms with Crippen molar-refractivity contribution in [3.05, 3.63) is 22.2 Å². The lowest BCUT2D eigenvalue weighted by Gasteiger charge is -2.17. The van der Waals surface area contributed by atoms with Gasteiger partial charge in [0.1, 0.15) is 4.90 Å². The van der Waals surface area contributed by atoms with Crippen LogP contribution in [0.5, 0.6) is 5.75 Å². The van der Waals surface area contributed by atoms with Crippen molar-refractivity contribution in [2.75, 3.05) is 0 Å². The van der Waals surface area contributed by atoms with E-state index in [0.717, 1.165) is 6.07 Å². The predicted molar refractivity (Wildman–Crippen MR) is 52.8 cm³/mol. The first-order chi connectivity index (χ1) is 6.90. The number of amides is 1. The lowest BCUT2D eigenvalue weighted by Crippen LogP contribution is -2.37. The van der Waals surface area contributed by atoms with Gasteiger partial charge in [-0.2, -0.15) is 0 Å². The summed E-state index contributed by atoms with van der Waals surface area (Å²) in [6.07, 6.45) is -1.09. The Morgan fingerprint density at radius 1 is 1.27 bits per heavy atom. The average molecular weight is 268 g/mol. The molecule has 2 rings (SSSR count). The molecule has 80 valence electrons. The molecule has 15 heavy (non-hydrogen) atoms. The van der Waals surface area contributed by atoms with Crippen LogP contribution in [0.1, 0.15) is 0 Å². The third-order valence-electron chi connectivity index (χ3n) is 1.68. The molecule has 1 amide bonds. The first-order valence-corrected chi connectivity index (χ1v) is 5.88. The fourth-order valence-electron chi connectivity index (χ4n) is 1.11. The van der Waals surface area contributed by atoms with Gasteiger partial charge in [-0.25, -0.2) is 17.9 Å². The maximum Gasteiger partial charge on any atom is 0.426 e. The van der Waals surface area contributed by atoms with E-state index in [9.17, 15) is 13.2 Å². The highest BCUT2D eigenvalue weighted by atomic mass is 35.5. The fourth-order valence-corrected chi connectivity index (χ4v) is 2.82. The number of benzene rings is 1. The molecule has 1 aromatic carbocycles. The highest BCUT2D eigenvalue weighted by Gasteiger charge is 2.31. The second-order valence-corrected chi connectivity index (χ2v) is 5.20. The summed E-state index contributed by atoms with van der Waals surface area (Å²) in [6, 6.07) is 2.44. The van der Waals surface area contributed by atoms with Gasteiger partial charge < -0.3 is 4.74 Å². The van der Waals surface area contributed by atoms with Crippen LogP contribution in [0, 0.1) is 0 Å². The van der Waals surface area contributed by atoms with Crippen molar-refractivity contribution >= 4 is 39.3 Å². The van der Waals surface area contributed by atoms with Crippen LogP contribution in [-0.2, 0) is 10.0 Å². The standard InChI is InChI=1S/C7H3Cl2NO4S/c8-3-1-4(9)6-5(2-3)15(12,13)10-7(11)14-6/h1-2H,(H,10,11). The van der Waals surface area contributed by atoms with Crippen molar-refractivity contribution in [1.82, 2.24) is 4.72 Å². The van der Waals surface area contributed by atoms with Gasteiger partial charge in [-0.3, -0.25) is 0 Å². The predicted octanol–water partition coefficient (Wildman–Crippen LogP) is 1.78. The molecule has 0 atom stereocenters. The second kappa shape index (κ2) is 3.26. The molecule has 1 N–H and O–H groups in total. The molecule has 0 aliphatic carbocycles. The third kappa shape index (κ3) is 1.75. The Morgan fingerprint density at radius 2 is 1.93 bits per heavy atom. The summed E-state index contributed by atoms with van der Waals surface area (Å²) in [5.74, 6) is -0.204. The average Bonchev–Trinajstić information content (AvgIpc) is 2.06. The molecule has 1 aliphatic rings. The molecule has 5 nitrogen and oxygen atoms in total. The molecule has 0 saturated heterocycles. The van der Waals surface area contributed by atoms with Gasteiger partial charge in [0.25, 0.3) is 10.0 Å². The second-order valence-electron chi connectivity index (χ2n) is 2.71. The summed E-state index contributed by atoms with van der Waals surface area (Å²) in [7, 11) is -3.93. The molecular weight excluding hydrogens is 265 g/mol. The zero-order chi connectivity index (χ0) is 11.2. The van der Waals surface area contributed by atoms with Crippen molar-refractivity contribution in [3.63, 3.8) is 0 Å². The molecule has 0 fully saturated rings. The summed E-state index contributed by atoms with van der Waals surface area (Å²) in [5.41, 5.74) is 0. The van der Waals surface area contributed by atoms with E-state index in [1.807, 2.05) is 0 Å². The normalized spacial score (nSPS) is 17.6. The van der Waals surface area contributed by atoms with E-state index in [4.69, 9.17) is 23.2 Å². The topological polar surface area (TPSA) is 72.5 Å². The summed E-state index contributed by atoms with van der Waals surface area (Å²) in [4.78, 5) is 10.6. The van der Waals surface area contributed by atoms with Gasteiger partial charge in [-0.1, -0.05) is 23.2 Å². The minimum Gasteiger partial charge on any atom is -0.407 e. The number of hydrogen-bond acceptors (Lipinski definition) is 4. The molecule has 8 heteroatoms. The van der Waals surface area contributed by atoms with Gasteiger partial charge in [-0.05, 0) is 12.1 Å². The first kappa shape index (κ1) is 10.5. The third-order valence-corrected chi connectivity index (χ3v) is 3.49. The molecule has 1 aliphatic heterocycles. The molecular formula is C7H3Cl2NO4S. The van der Waals surface area contributed by atoms with Gasteiger partial charge in [0.15, 0.2) is 5.75 Å². The number of halogens is 2. The Hall–Kier alpha value is -0.980. The molecule has 1 heterocycles. The molecule has 0 radical (unpaired) electrons. The lowest BCUT2D eigenvalue weighted by atomic mass is 10.3. The van der Waals surface area contributed by atoms with Crippen molar-refractivity contribution in [3.8, 4) is 5.75 Å². The van der Waals surface area contributed by atoms with Gasteiger partial charge in [0, 0.05) is 5.02 Å². The Morgan fingerprint density at radius 3 is 2.60 bits per heavy atom. The largest absolute Gasteiger partial charge is 0.426 e. The monoisotopic (exact) mass is 267 g/mol. The molecule has 0 aromatic heterocycles. The first-order valence-electron chi connectivity index (χ1n) is 3.64. The summed E-state index contributed by atoms with van der Waals surface area (Å²) in [5, 5.41) is 0.109. The van der Waals surface area contributed by atoms with E-state index < -0.39 is 16.1 Å². The molecule has 0 saturated carbocycles. The van der Waals surface area contributed by atoms with Crippen molar-refractivity contribution in [2.24, 2.45) is 0 Å². The number of hydrogen-bond donors (Lipinski definition) is 1. The maximum absolute atomic E-state index is 11.5. The Labute approximate surface area is 95.0 Å². The minimum atomic E-state index is -3.93. The number of ether oxygens (including phenoxy) is 1. The summed E-state index contributed by atoms with van der Waals surface area (Å²) >= 11 is 11.3. The molecule has 0 spiro atoms. The van der Waals surface area contributed by atoms with Crippen molar-refractivity contribution in [1.29, 1.82) is 0 Å². The Kier molecular flexibility index (Phi) is 2.29. The van der Waals surface area contributed by atoms with Crippen LogP contribution in [0.15, 0.2) is 17.0 Å². The molecule has 0 bridgehead atoms. The van der Waals surface area contributed by atoms with Crippen LogP contribution >= 0.6 is 23.2 Å². The SMILES string of the molecule is O=C1NS(=O)(=O)c2cc(Cl)cc(Cl)c2O1. The van der Waals surface area contributed by atoms with E-state index >= 15 is 0 Å². The van der Waals surface area contributed by atoms with E-state index in [-0.39, 0.29) is 20.7 Å². The summed E-state index contributed by atoms with van der Waals surface area (Å²) in [6.45, 7) is 0. The number of nitrogens with one attached hydrogen (secondary N) is 1. The number of carbonyl (C=O) groups is 1. The van der Waals surface area contributed by atoms with Crippen LogP contribution in [0.25, 0.3) is 0 Å². The fraction of sp³-hybridized carbons (Fsp3) is 0. The minimum absolute atomic E-state index is 0.0316. The zero-order valence-corrected chi connectivity index (χ0v) is 9.28. The number of fused-ring (bicyclic) bond motifs is 1. The lowest BCUT2D eigenvalue weighted by molar-refractivity contribution is 0.203. The smallest absolute Gasteiger partial charge is 0.407 e. The van der Waals surface area contributed by atoms with E-state index in [0.29, 0.717) is 0 Å². The zero-order valence-electron chi connectivity index (χ0n) is 6.95. The van der Waals surface area contributed by atoms with E-state index in [1.54, 1.807) is 4.72 Å². The molecule has 1 aromatic rings. The van der Waals surface area contributed by atoms with Crippen LogP contribution in [-0.4, -0.2) is 14.5 Å². The Bertz CT molecular complexity index is 554. The quantitative estimate of drug-likeness (QED) is 0.778. The van der Waals surface area contributed by atoms with Crippen LogP contribution in [0.3, 0.4) is 0 Å². The van der Waals surface area contributed by atoms with Gasteiger partial charge in [0.05, 0.1) is 5.02 Å². The highest BCUT2D eigenvalue weighted by molar-refractivity contribution is 7.90. The summed E-state index contributed by atoms with van der Waals surface area (Å²) < 4.78 is 29.2. The highest BCUT2D eigenvalue weighted by Crippen LogP contribution is 2.37. The van der Waals surface area contributed by atoms with Crippen molar-refractivity contribution < 1.29 is 17.9 Å². The van der Waals surface area contributed by atoms with Gasteiger partial charge in [-0.15, -0.1) is 0 Å². The number of rotatable bonds is 0. The maximum atomic E-state index is 11.5. The number of carbonyl (C=O) groups excluding carboxylic acids is 1. The van der Waals surface area contributed by atoms with E-state index in [1.165, 1.54) is 6.07 Å². The van der Waals surface area contributed by atoms with E-state index in [2.05, 4.69) is 4.74 Å².